The third-order valence-corrected chi connectivity index (χ3v) is 1.39. The topological polar surface area (TPSA) is 32.3 Å². The van der Waals surface area contributed by atoms with Gasteiger partial charge in [0, 0.05) is 0 Å². The predicted molar refractivity (Wildman–Crippen MR) is 36.8 cm³/mol. The molecule has 0 amide bonds. The molecule has 1 aromatic rings. The number of benzene rings is 1. The van der Waals surface area contributed by atoms with Crippen molar-refractivity contribution in [1.82, 2.24) is 0 Å². The van der Waals surface area contributed by atoms with Crippen molar-refractivity contribution in [3.05, 3.63) is 29.0 Å². The van der Waals surface area contributed by atoms with Crippen LogP contribution in [0, 0.1) is 5.82 Å². The summed E-state index contributed by atoms with van der Waals surface area (Å²) in [6.07, 6.45) is 0. The molecule has 54 valence electrons. The smallest absolute Gasteiger partial charge is 0.150 e. The van der Waals surface area contributed by atoms with Crippen molar-refractivity contribution in [3.63, 3.8) is 0 Å². The van der Waals surface area contributed by atoms with Crippen molar-refractivity contribution in [1.29, 1.82) is 0 Å². The van der Waals surface area contributed by atoms with E-state index in [0.29, 0.717) is 0 Å². The van der Waals surface area contributed by atoms with E-state index in [1.807, 2.05) is 0 Å². The van der Waals surface area contributed by atoms with Gasteiger partial charge in [0.25, 0.3) is 0 Å². The summed E-state index contributed by atoms with van der Waals surface area (Å²) in [6.45, 7) is 0. The molecule has 0 aliphatic heterocycles. The Balaban J connectivity index is 3.17. The Morgan fingerprint density at radius 3 is 2.60 bits per heavy atom. The van der Waals surface area contributed by atoms with Crippen LogP contribution in [0.4, 0.5) is 10.1 Å². The molecule has 1 aromatic carbocycles. The third-order valence-electron chi connectivity index (χ3n) is 1.07. The van der Waals surface area contributed by atoms with E-state index in [4.69, 9.17) is 16.8 Å². The summed E-state index contributed by atoms with van der Waals surface area (Å²) < 4.78 is 12.5. The third kappa shape index (κ3) is 1.20. The van der Waals surface area contributed by atoms with Crippen LogP contribution in [0.2, 0.25) is 5.02 Å². The van der Waals surface area contributed by atoms with Crippen molar-refractivity contribution in [3.8, 4) is 0 Å². The van der Waals surface area contributed by atoms with Crippen molar-refractivity contribution in [2.24, 2.45) is 0 Å². The largest absolute Gasteiger partial charge is 0.291 e. The molecule has 0 aromatic heterocycles. The zero-order valence-corrected chi connectivity index (χ0v) is 5.69. The monoisotopic (exact) mass is 161 g/mol. The Bertz CT molecular complexity index is 221. The van der Waals surface area contributed by atoms with Gasteiger partial charge in [0.05, 0.1) is 5.02 Å². The fourth-order valence-corrected chi connectivity index (χ4v) is 0.810. The van der Waals surface area contributed by atoms with Gasteiger partial charge < -0.3 is 0 Å². The molecule has 0 unspecified atom stereocenters. The highest BCUT2D eigenvalue weighted by Gasteiger charge is 2.03. The molecule has 1 rings (SSSR count). The zero-order chi connectivity index (χ0) is 7.56. The molecule has 0 aliphatic carbocycles. The highest BCUT2D eigenvalue weighted by molar-refractivity contribution is 6.33. The number of anilines is 1. The number of rotatable bonds is 1. The molecule has 0 saturated carbocycles. The molecule has 4 heteroatoms. The fraction of sp³-hybridized carbons (Fsp3) is 0. The number of hydrogen-bond donors (Lipinski definition) is 2. The first-order chi connectivity index (χ1) is 4.75. The quantitative estimate of drug-likeness (QED) is 0.620. The first-order valence-electron chi connectivity index (χ1n) is 2.60. The van der Waals surface area contributed by atoms with Crippen molar-refractivity contribution in [2.45, 2.75) is 0 Å². The second-order valence-electron chi connectivity index (χ2n) is 1.71. The molecule has 0 spiro atoms. The molecule has 0 heterocycles. The van der Waals surface area contributed by atoms with Crippen molar-refractivity contribution < 1.29 is 9.60 Å². The molecule has 0 fully saturated rings. The van der Waals surface area contributed by atoms with Crippen LogP contribution in [0.3, 0.4) is 0 Å². The molecule has 0 atom stereocenters. The van der Waals surface area contributed by atoms with E-state index in [1.54, 1.807) is 5.48 Å². The van der Waals surface area contributed by atoms with Crippen LogP contribution in [0.1, 0.15) is 0 Å². The lowest BCUT2D eigenvalue weighted by molar-refractivity contribution is 0.384. The average Bonchev–Trinajstić information content (AvgIpc) is 1.88. The van der Waals surface area contributed by atoms with E-state index in [-0.39, 0.29) is 10.7 Å². The van der Waals surface area contributed by atoms with Crippen LogP contribution >= 0.6 is 11.6 Å². The number of hydrogen-bond acceptors (Lipinski definition) is 2. The lowest BCUT2D eigenvalue weighted by atomic mass is 10.3. The normalized spacial score (nSPS) is 9.50. The van der Waals surface area contributed by atoms with Gasteiger partial charge in [-0.05, 0) is 12.1 Å². The van der Waals surface area contributed by atoms with E-state index in [0.717, 1.165) is 0 Å². The van der Waals surface area contributed by atoms with Gasteiger partial charge in [-0.25, -0.2) is 4.39 Å². The van der Waals surface area contributed by atoms with Gasteiger partial charge in [0.2, 0.25) is 0 Å². The van der Waals surface area contributed by atoms with Crippen LogP contribution in [-0.2, 0) is 0 Å². The first-order valence-corrected chi connectivity index (χ1v) is 2.97. The van der Waals surface area contributed by atoms with Crippen LogP contribution in [-0.4, -0.2) is 5.21 Å². The van der Waals surface area contributed by atoms with Crippen molar-refractivity contribution in [2.75, 3.05) is 5.48 Å². The molecule has 10 heavy (non-hydrogen) atoms. The highest BCUT2D eigenvalue weighted by atomic mass is 35.5. The SMILES string of the molecule is ONc1c(F)cccc1Cl. The average molecular weight is 162 g/mol. The molecule has 0 aliphatic rings. The Labute approximate surface area is 62.2 Å². The van der Waals surface area contributed by atoms with Gasteiger partial charge in [-0.2, -0.15) is 0 Å². The maximum absolute atomic E-state index is 12.5. The Morgan fingerprint density at radius 2 is 2.20 bits per heavy atom. The van der Waals surface area contributed by atoms with Crippen LogP contribution in [0.15, 0.2) is 18.2 Å². The summed E-state index contributed by atoms with van der Waals surface area (Å²) in [5.41, 5.74) is 1.56. The molecule has 2 nitrogen and oxygen atoms in total. The minimum atomic E-state index is -0.574. The molecule has 0 bridgehead atoms. The number of para-hydroxylation sites is 1. The summed E-state index contributed by atoms with van der Waals surface area (Å²) in [6, 6.07) is 4.13. The summed E-state index contributed by atoms with van der Waals surface area (Å²) >= 11 is 5.47. The maximum atomic E-state index is 12.5. The van der Waals surface area contributed by atoms with Gasteiger partial charge in [0.1, 0.15) is 11.5 Å². The van der Waals surface area contributed by atoms with Crippen LogP contribution < -0.4 is 5.48 Å². The fourth-order valence-electron chi connectivity index (χ4n) is 0.605. The standard InChI is InChI=1S/C6H5ClFNO/c7-4-2-1-3-5(8)6(4)9-10/h1-3,9-10H. The van der Waals surface area contributed by atoms with Gasteiger partial charge in [-0.3, -0.25) is 10.7 Å². The van der Waals surface area contributed by atoms with E-state index in [9.17, 15) is 4.39 Å². The minimum Gasteiger partial charge on any atom is -0.291 e. The summed E-state index contributed by atoms with van der Waals surface area (Å²) in [7, 11) is 0. The molecular formula is C6H5ClFNO. The summed E-state index contributed by atoms with van der Waals surface area (Å²) in [5.74, 6) is -0.574. The van der Waals surface area contributed by atoms with Gasteiger partial charge in [-0.15, -0.1) is 0 Å². The minimum absolute atomic E-state index is 0.0934. The zero-order valence-electron chi connectivity index (χ0n) is 4.94. The van der Waals surface area contributed by atoms with Gasteiger partial charge in [0.15, 0.2) is 0 Å². The van der Waals surface area contributed by atoms with E-state index >= 15 is 0 Å². The lowest BCUT2D eigenvalue weighted by Gasteiger charge is -2.00. The first kappa shape index (κ1) is 7.31. The van der Waals surface area contributed by atoms with E-state index in [1.165, 1.54) is 18.2 Å². The second-order valence-corrected chi connectivity index (χ2v) is 2.12. The van der Waals surface area contributed by atoms with Gasteiger partial charge >= 0.3 is 0 Å². The predicted octanol–water partition coefficient (Wildman–Crippen LogP) is 2.28. The summed E-state index contributed by atoms with van der Waals surface area (Å²) in [5, 5.41) is 8.48. The molecule has 0 saturated heterocycles. The second kappa shape index (κ2) is 2.86. The molecule has 2 N–H and O–H groups in total. The van der Waals surface area contributed by atoms with Crippen LogP contribution in [0.25, 0.3) is 0 Å². The van der Waals surface area contributed by atoms with Gasteiger partial charge in [-0.1, -0.05) is 17.7 Å². The molecule has 0 radical (unpaired) electrons. The maximum Gasteiger partial charge on any atom is 0.150 e. The Kier molecular flexibility index (Phi) is 2.09. The van der Waals surface area contributed by atoms with E-state index < -0.39 is 5.82 Å². The van der Waals surface area contributed by atoms with Crippen molar-refractivity contribution >= 4 is 17.3 Å². The highest BCUT2D eigenvalue weighted by Crippen LogP contribution is 2.23. The number of halogens is 2. The van der Waals surface area contributed by atoms with E-state index in [2.05, 4.69) is 0 Å². The number of nitrogens with one attached hydrogen (secondary N) is 1. The molecular weight excluding hydrogens is 157 g/mol. The lowest BCUT2D eigenvalue weighted by Crippen LogP contribution is -1.93. The Morgan fingerprint density at radius 1 is 1.50 bits per heavy atom. The summed E-state index contributed by atoms with van der Waals surface area (Å²) in [4.78, 5) is 0. The Hall–Kier alpha value is -0.800. The van der Waals surface area contributed by atoms with Crippen LogP contribution in [0.5, 0.6) is 0 Å².